The maximum absolute atomic E-state index is 12.0. The Kier molecular flexibility index (Phi) is 4.66. The smallest absolute Gasteiger partial charge is 0.252 e. The van der Waals surface area contributed by atoms with Crippen molar-refractivity contribution in [3.05, 3.63) is 46.2 Å². The molecule has 4 nitrogen and oxygen atoms in total. The van der Waals surface area contributed by atoms with Crippen molar-refractivity contribution in [2.24, 2.45) is 7.05 Å². The van der Waals surface area contributed by atoms with Crippen molar-refractivity contribution in [3.8, 4) is 0 Å². The van der Waals surface area contributed by atoms with Gasteiger partial charge >= 0.3 is 0 Å². The molecule has 19 heavy (non-hydrogen) atoms. The number of halogens is 1. The Morgan fingerprint density at radius 1 is 1.53 bits per heavy atom. The molecule has 1 N–H and O–H groups in total. The highest BCUT2D eigenvalue weighted by Crippen LogP contribution is 2.20. The SMILES string of the molecule is Cn1cc(CCNC(=O)c2cc(S)ccc2Br)cn1. The van der Waals surface area contributed by atoms with Gasteiger partial charge < -0.3 is 5.32 Å². The Hall–Kier alpha value is -1.27. The number of aryl methyl sites for hydroxylation is 1. The lowest BCUT2D eigenvalue weighted by atomic mass is 10.2. The number of aromatic nitrogens is 2. The lowest BCUT2D eigenvalue weighted by Crippen LogP contribution is -2.26. The number of rotatable bonds is 4. The average molecular weight is 340 g/mol. The average Bonchev–Trinajstić information content (AvgIpc) is 2.78. The Labute approximate surface area is 125 Å². The van der Waals surface area contributed by atoms with Crippen molar-refractivity contribution in [2.75, 3.05) is 6.54 Å². The number of benzene rings is 1. The molecule has 2 aromatic rings. The summed E-state index contributed by atoms with van der Waals surface area (Å²) in [6, 6.07) is 5.39. The maximum atomic E-state index is 12.0. The minimum Gasteiger partial charge on any atom is -0.352 e. The van der Waals surface area contributed by atoms with Gasteiger partial charge in [-0.25, -0.2) is 0 Å². The first-order valence-corrected chi connectivity index (χ1v) is 7.04. The van der Waals surface area contributed by atoms with Gasteiger partial charge in [-0.15, -0.1) is 12.6 Å². The van der Waals surface area contributed by atoms with Gasteiger partial charge in [-0.1, -0.05) is 0 Å². The number of carbonyl (C=O) groups is 1. The van der Waals surface area contributed by atoms with Crippen LogP contribution in [0.2, 0.25) is 0 Å². The van der Waals surface area contributed by atoms with Gasteiger partial charge in [0.25, 0.3) is 5.91 Å². The summed E-state index contributed by atoms with van der Waals surface area (Å²) in [7, 11) is 1.87. The molecule has 0 bridgehead atoms. The monoisotopic (exact) mass is 339 g/mol. The third-order valence-corrected chi connectivity index (χ3v) is 3.62. The van der Waals surface area contributed by atoms with Gasteiger partial charge in [-0.3, -0.25) is 9.48 Å². The van der Waals surface area contributed by atoms with Gasteiger partial charge in [-0.05, 0) is 46.1 Å². The van der Waals surface area contributed by atoms with Crippen LogP contribution < -0.4 is 5.32 Å². The number of hydrogen-bond acceptors (Lipinski definition) is 3. The maximum Gasteiger partial charge on any atom is 0.252 e. The molecule has 1 amide bonds. The van der Waals surface area contributed by atoms with E-state index in [1.807, 2.05) is 25.4 Å². The predicted octanol–water partition coefficient (Wildman–Crippen LogP) is 2.44. The molecule has 0 aliphatic rings. The van der Waals surface area contributed by atoms with E-state index in [0.717, 1.165) is 21.4 Å². The van der Waals surface area contributed by atoms with E-state index < -0.39 is 0 Å². The second-order valence-electron chi connectivity index (χ2n) is 4.19. The van der Waals surface area contributed by atoms with Crippen LogP contribution in [0.5, 0.6) is 0 Å². The lowest BCUT2D eigenvalue weighted by Gasteiger charge is -2.07. The molecule has 0 saturated heterocycles. The summed E-state index contributed by atoms with van der Waals surface area (Å²) in [4.78, 5) is 12.8. The van der Waals surface area contributed by atoms with Crippen molar-refractivity contribution < 1.29 is 4.79 Å². The van der Waals surface area contributed by atoms with Crippen LogP contribution in [0.25, 0.3) is 0 Å². The Balaban J connectivity index is 1.92. The van der Waals surface area contributed by atoms with E-state index in [9.17, 15) is 4.79 Å². The van der Waals surface area contributed by atoms with Crippen molar-refractivity contribution in [2.45, 2.75) is 11.3 Å². The number of nitrogens with one attached hydrogen (secondary N) is 1. The van der Waals surface area contributed by atoms with Crippen molar-refractivity contribution >= 4 is 34.5 Å². The number of hydrogen-bond donors (Lipinski definition) is 2. The Morgan fingerprint density at radius 2 is 2.32 bits per heavy atom. The second kappa shape index (κ2) is 6.25. The third kappa shape index (κ3) is 3.84. The molecule has 0 saturated carbocycles. The fourth-order valence-electron chi connectivity index (χ4n) is 1.70. The molecule has 1 aromatic carbocycles. The van der Waals surface area contributed by atoms with E-state index in [4.69, 9.17) is 0 Å². The van der Waals surface area contributed by atoms with Gasteiger partial charge in [0.15, 0.2) is 0 Å². The van der Waals surface area contributed by atoms with Crippen LogP contribution in [-0.4, -0.2) is 22.2 Å². The molecule has 0 radical (unpaired) electrons. The molecule has 0 spiro atoms. The highest BCUT2D eigenvalue weighted by Gasteiger charge is 2.09. The molecule has 0 unspecified atom stereocenters. The largest absolute Gasteiger partial charge is 0.352 e. The van der Waals surface area contributed by atoms with E-state index in [1.54, 1.807) is 16.9 Å². The van der Waals surface area contributed by atoms with E-state index in [0.29, 0.717) is 12.1 Å². The van der Waals surface area contributed by atoms with E-state index >= 15 is 0 Å². The molecule has 1 aromatic heterocycles. The molecule has 2 rings (SSSR count). The summed E-state index contributed by atoms with van der Waals surface area (Å²) in [5, 5.41) is 6.97. The molecule has 100 valence electrons. The summed E-state index contributed by atoms with van der Waals surface area (Å²) in [5.41, 5.74) is 1.70. The fraction of sp³-hybridized carbons (Fsp3) is 0.231. The predicted molar refractivity (Wildman–Crippen MR) is 80.6 cm³/mol. The molecule has 0 fully saturated rings. The quantitative estimate of drug-likeness (QED) is 0.840. The summed E-state index contributed by atoms with van der Waals surface area (Å²) in [6.45, 7) is 0.577. The van der Waals surface area contributed by atoms with Crippen LogP contribution in [0.3, 0.4) is 0 Å². The highest BCUT2D eigenvalue weighted by molar-refractivity contribution is 9.10. The zero-order valence-corrected chi connectivity index (χ0v) is 12.9. The number of nitrogens with zero attached hydrogens (tertiary/aromatic N) is 2. The third-order valence-electron chi connectivity index (χ3n) is 2.65. The Bertz CT molecular complexity index is 597. The van der Waals surface area contributed by atoms with E-state index in [2.05, 4.69) is 39.0 Å². The van der Waals surface area contributed by atoms with Crippen LogP contribution in [0.4, 0.5) is 0 Å². The Morgan fingerprint density at radius 3 is 3.00 bits per heavy atom. The van der Waals surface area contributed by atoms with Crippen LogP contribution in [0, 0.1) is 0 Å². The minimum atomic E-state index is -0.105. The zero-order valence-electron chi connectivity index (χ0n) is 10.4. The summed E-state index contributed by atoms with van der Waals surface area (Å²) in [6.07, 6.45) is 4.50. The zero-order chi connectivity index (χ0) is 13.8. The first-order chi connectivity index (χ1) is 9.06. The number of amides is 1. The van der Waals surface area contributed by atoms with Crippen molar-refractivity contribution in [1.29, 1.82) is 0 Å². The van der Waals surface area contributed by atoms with Gasteiger partial charge in [0.1, 0.15) is 0 Å². The topological polar surface area (TPSA) is 46.9 Å². The van der Waals surface area contributed by atoms with E-state index in [1.165, 1.54) is 0 Å². The normalized spacial score (nSPS) is 10.5. The van der Waals surface area contributed by atoms with E-state index in [-0.39, 0.29) is 5.91 Å². The lowest BCUT2D eigenvalue weighted by molar-refractivity contribution is 0.0953. The van der Waals surface area contributed by atoms with Crippen LogP contribution in [0.15, 0.2) is 40.0 Å². The van der Waals surface area contributed by atoms with Gasteiger partial charge in [0.05, 0.1) is 11.8 Å². The van der Waals surface area contributed by atoms with Crippen LogP contribution in [-0.2, 0) is 13.5 Å². The molecule has 6 heteroatoms. The molecule has 1 heterocycles. The first-order valence-electron chi connectivity index (χ1n) is 5.80. The molecular formula is C13H14BrN3OS. The fourth-order valence-corrected chi connectivity index (χ4v) is 2.33. The molecular weight excluding hydrogens is 326 g/mol. The summed E-state index contributed by atoms with van der Waals surface area (Å²) in [5.74, 6) is -0.105. The highest BCUT2D eigenvalue weighted by atomic mass is 79.9. The second-order valence-corrected chi connectivity index (χ2v) is 5.56. The molecule has 0 aliphatic heterocycles. The van der Waals surface area contributed by atoms with Crippen LogP contribution >= 0.6 is 28.6 Å². The van der Waals surface area contributed by atoms with Crippen molar-refractivity contribution in [3.63, 3.8) is 0 Å². The van der Waals surface area contributed by atoms with Gasteiger partial charge in [0.2, 0.25) is 0 Å². The van der Waals surface area contributed by atoms with Crippen LogP contribution in [0.1, 0.15) is 15.9 Å². The number of carbonyl (C=O) groups excluding carboxylic acids is 1. The minimum absolute atomic E-state index is 0.105. The first kappa shape index (κ1) is 14.1. The molecule has 0 aliphatic carbocycles. The van der Waals surface area contributed by atoms with Gasteiger partial charge in [-0.2, -0.15) is 5.10 Å². The summed E-state index contributed by atoms with van der Waals surface area (Å²) >= 11 is 7.60. The number of thiol groups is 1. The standard InChI is InChI=1S/C13H14BrN3OS/c1-17-8-9(7-16-17)4-5-15-13(18)11-6-10(19)2-3-12(11)14/h2-3,6-8,19H,4-5H2,1H3,(H,15,18). The summed E-state index contributed by atoms with van der Waals surface area (Å²) < 4.78 is 2.52. The molecule has 0 atom stereocenters. The van der Waals surface area contributed by atoms with Crippen molar-refractivity contribution in [1.82, 2.24) is 15.1 Å². The van der Waals surface area contributed by atoms with Gasteiger partial charge in [0, 0.05) is 29.2 Å².